The third kappa shape index (κ3) is 5.71. The Balaban J connectivity index is 1.54. The molecular formula is C25H31N5O5. The molecule has 0 aromatic heterocycles. The topological polar surface area (TPSA) is 105 Å². The fraction of sp³-hybridized carbons (Fsp3) is 0.440. The molecule has 0 aliphatic carbocycles. The zero-order chi connectivity index (χ0) is 25.0. The van der Waals surface area contributed by atoms with Crippen LogP contribution in [0.5, 0.6) is 5.75 Å². The van der Waals surface area contributed by atoms with Crippen molar-refractivity contribution in [2.24, 2.45) is 9.98 Å². The first kappa shape index (κ1) is 24.5. The number of aryl methyl sites for hydroxylation is 1. The monoisotopic (exact) mass is 481 g/mol. The summed E-state index contributed by atoms with van der Waals surface area (Å²) in [5.74, 6) is 1.12. The number of benzene rings is 1. The molecule has 10 nitrogen and oxygen atoms in total. The van der Waals surface area contributed by atoms with E-state index in [1.807, 2.05) is 23.1 Å². The van der Waals surface area contributed by atoms with E-state index in [1.54, 1.807) is 40.3 Å². The summed E-state index contributed by atoms with van der Waals surface area (Å²) in [5.41, 5.74) is 2.21. The summed E-state index contributed by atoms with van der Waals surface area (Å²) in [6, 6.07) is 5.79. The number of ether oxygens (including phenoxy) is 3. The van der Waals surface area contributed by atoms with E-state index >= 15 is 0 Å². The summed E-state index contributed by atoms with van der Waals surface area (Å²) < 4.78 is 16.5. The fourth-order valence-corrected chi connectivity index (χ4v) is 3.91. The quantitative estimate of drug-likeness (QED) is 0.693. The van der Waals surface area contributed by atoms with Crippen LogP contribution in [0.15, 0.2) is 46.3 Å². The number of amides is 2. The molecule has 4 rings (SSSR count). The van der Waals surface area contributed by atoms with Gasteiger partial charge in [0.1, 0.15) is 29.1 Å². The van der Waals surface area contributed by atoms with Crippen LogP contribution in [0, 0.1) is 0 Å². The van der Waals surface area contributed by atoms with Crippen LogP contribution < -0.4 is 10.1 Å². The minimum atomic E-state index is -0.657. The predicted molar refractivity (Wildman–Crippen MR) is 132 cm³/mol. The van der Waals surface area contributed by atoms with E-state index in [0.717, 1.165) is 11.1 Å². The van der Waals surface area contributed by atoms with Crippen LogP contribution in [0.1, 0.15) is 38.3 Å². The first-order valence-electron chi connectivity index (χ1n) is 11.6. The molecule has 3 aliphatic rings. The van der Waals surface area contributed by atoms with Crippen molar-refractivity contribution in [3.05, 3.63) is 47.4 Å². The molecule has 35 heavy (non-hydrogen) atoms. The molecule has 3 aliphatic heterocycles. The number of aliphatic imine (C=N–C) groups is 2. The molecule has 0 unspecified atom stereocenters. The number of morpholine rings is 1. The number of rotatable bonds is 5. The van der Waals surface area contributed by atoms with E-state index in [1.165, 1.54) is 11.2 Å². The zero-order valence-corrected chi connectivity index (χ0v) is 20.5. The van der Waals surface area contributed by atoms with Gasteiger partial charge in [-0.15, -0.1) is 0 Å². The maximum absolute atomic E-state index is 12.7. The van der Waals surface area contributed by atoms with Crippen LogP contribution in [0.4, 0.5) is 4.79 Å². The number of nitrogens with one attached hydrogen (secondary N) is 1. The van der Waals surface area contributed by atoms with Gasteiger partial charge in [0.25, 0.3) is 0 Å². The number of methoxy groups -OCH3 is 1. The summed E-state index contributed by atoms with van der Waals surface area (Å²) in [7, 11) is 1.59. The Morgan fingerprint density at radius 3 is 2.69 bits per heavy atom. The highest BCUT2D eigenvalue weighted by Crippen LogP contribution is 2.33. The number of fused-ring (bicyclic) bond motifs is 1. The lowest BCUT2D eigenvalue weighted by Gasteiger charge is -2.30. The van der Waals surface area contributed by atoms with Crippen LogP contribution in [0.25, 0.3) is 5.70 Å². The minimum absolute atomic E-state index is 0.124. The van der Waals surface area contributed by atoms with Crippen molar-refractivity contribution in [1.82, 2.24) is 15.1 Å². The van der Waals surface area contributed by atoms with Crippen molar-refractivity contribution in [2.75, 3.05) is 33.4 Å². The second kappa shape index (κ2) is 10.3. The lowest BCUT2D eigenvalue weighted by Crippen LogP contribution is -2.45. The normalized spacial score (nSPS) is 17.5. The summed E-state index contributed by atoms with van der Waals surface area (Å²) in [4.78, 5) is 37.3. The van der Waals surface area contributed by atoms with Crippen molar-refractivity contribution >= 4 is 29.9 Å². The van der Waals surface area contributed by atoms with Gasteiger partial charge in [-0.25, -0.2) is 19.7 Å². The summed E-state index contributed by atoms with van der Waals surface area (Å²) in [6.07, 6.45) is 5.09. The molecular weight excluding hydrogens is 450 g/mol. The summed E-state index contributed by atoms with van der Waals surface area (Å²) in [6.45, 7) is 7.86. The van der Waals surface area contributed by atoms with Gasteiger partial charge in [0.2, 0.25) is 5.91 Å². The van der Waals surface area contributed by atoms with E-state index in [-0.39, 0.29) is 5.91 Å². The van der Waals surface area contributed by atoms with Gasteiger partial charge in [0, 0.05) is 37.5 Å². The van der Waals surface area contributed by atoms with Crippen molar-refractivity contribution in [2.45, 2.75) is 39.2 Å². The van der Waals surface area contributed by atoms with Crippen molar-refractivity contribution in [1.29, 1.82) is 0 Å². The third-order valence-electron chi connectivity index (χ3n) is 5.59. The Kier molecular flexibility index (Phi) is 7.20. The molecule has 1 N–H and O–H groups in total. The van der Waals surface area contributed by atoms with Gasteiger partial charge in [-0.1, -0.05) is 6.07 Å². The van der Waals surface area contributed by atoms with Crippen LogP contribution >= 0.6 is 0 Å². The largest absolute Gasteiger partial charge is 0.496 e. The van der Waals surface area contributed by atoms with E-state index < -0.39 is 11.7 Å². The summed E-state index contributed by atoms with van der Waals surface area (Å²) in [5, 5.41) is 3.15. The average Bonchev–Trinajstić information content (AvgIpc) is 2.86. The molecule has 1 saturated heterocycles. The smallest absolute Gasteiger partial charge is 0.421 e. The Hall–Kier alpha value is -3.66. The van der Waals surface area contributed by atoms with E-state index in [9.17, 15) is 9.59 Å². The molecule has 2 amide bonds. The number of hydrogen-bond acceptors (Lipinski definition) is 8. The van der Waals surface area contributed by atoms with Crippen LogP contribution in [-0.4, -0.2) is 73.0 Å². The minimum Gasteiger partial charge on any atom is -0.496 e. The zero-order valence-electron chi connectivity index (χ0n) is 20.5. The second-order valence-corrected chi connectivity index (χ2v) is 9.26. The van der Waals surface area contributed by atoms with Gasteiger partial charge in [0.05, 0.1) is 20.3 Å². The van der Waals surface area contributed by atoms with Crippen molar-refractivity contribution in [3.63, 3.8) is 0 Å². The lowest BCUT2D eigenvalue weighted by molar-refractivity contribution is -0.135. The highest BCUT2D eigenvalue weighted by molar-refractivity contribution is 6.19. The molecule has 3 heterocycles. The van der Waals surface area contributed by atoms with E-state index in [0.29, 0.717) is 62.1 Å². The third-order valence-corrected chi connectivity index (χ3v) is 5.59. The van der Waals surface area contributed by atoms with Gasteiger partial charge >= 0.3 is 6.09 Å². The van der Waals surface area contributed by atoms with Crippen LogP contribution in [0.3, 0.4) is 0 Å². The predicted octanol–water partition coefficient (Wildman–Crippen LogP) is 2.91. The molecule has 186 valence electrons. The Bertz CT molecular complexity index is 1110. The Labute approximate surface area is 204 Å². The highest BCUT2D eigenvalue weighted by atomic mass is 16.6. The number of hydrogen-bond donors (Lipinski definition) is 1. The molecule has 0 bridgehead atoms. The molecule has 0 atom stereocenters. The Morgan fingerprint density at radius 1 is 1.20 bits per heavy atom. The molecule has 1 aromatic carbocycles. The molecule has 0 radical (unpaired) electrons. The average molecular weight is 482 g/mol. The van der Waals surface area contributed by atoms with Gasteiger partial charge in [-0.3, -0.25) is 4.79 Å². The summed E-state index contributed by atoms with van der Waals surface area (Å²) >= 11 is 0. The number of amidine groups is 1. The first-order valence-corrected chi connectivity index (χ1v) is 11.6. The van der Waals surface area contributed by atoms with Gasteiger partial charge in [-0.05, 0) is 44.9 Å². The molecule has 10 heteroatoms. The molecule has 1 aromatic rings. The van der Waals surface area contributed by atoms with Crippen molar-refractivity contribution < 1.29 is 23.8 Å². The van der Waals surface area contributed by atoms with Gasteiger partial charge < -0.3 is 24.4 Å². The number of nitrogens with zero attached hydrogens (tertiary/aromatic N) is 4. The number of carbonyl (C=O) groups is 2. The van der Waals surface area contributed by atoms with Crippen LogP contribution in [0.2, 0.25) is 0 Å². The van der Waals surface area contributed by atoms with E-state index in [4.69, 9.17) is 14.2 Å². The van der Waals surface area contributed by atoms with E-state index in [2.05, 4.69) is 15.3 Å². The molecule has 0 spiro atoms. The van der Waals surface area contributed by atoms with Crippen LogP contribution in [-0.2, 0) is 20.7 Å². The van der Waals surface area contributed by atoms with Gasteiger partial charge in [-0.2, -0.15) is 0 Å². The highest BCUT2D eigenvalue weighted by Gasteiger charge is 2.32. The fourth-order valence-electron chi connectivity index (χ4n) is 3.91. The standard InChI is InChI=1S/C25H31N5O5/c1-25(2,3)35-24(32)30-16-28-21(22-23(30)27-10-9-26-22)18-7-5-17(15-19(18)33-4)6-8-20(31)29-11-13-34-14-12-29/h5,7,9-10,15-16,26H,6,8,11-14H2,1-4H3. The maximum Gasteiger partial charge on any atom is 0.421 e. The lowest BCUT2D eigenvalue weighted by atomic mass is 10.0. The molecule has 0 saturated carbocycles. The number of carbonyl (C=O) groups excluding carboxylic acids is 2. The van der Waals surface area contributed by atoms with Crippen molar-refractivity contribution in [3.8, 4) is 5.75 Å². The SMILES string of the molecule is COc1cc(CCC(=O)N2CCOCC2)ccc1C1=C2NC=CN=C2N(C(=O)OC(C)(C)C)C=N1. The Morgan fingerprint density at radius 2 is 1.97 bits per heavy atom. The maximum atomic E-state index is 12.7. The second-order valence-electron chi connectivity index (χ2n) is 9.26. The first-order chi connectivity index (χ1) is 16.8. The van der Waals surface area contributed by atoms with Gasteiger partial charge in [0.15, 0.2) is 5.84 Å². The molecule has 1 fully saturated rings.